The van der Waals surface area contributed by atoms with Crippen molar-refractivity contribution in [2.24, 2.45) is 0 Å². The van der Waals surface area contributed by atoms with Crippen LogP contribution in [-0.4, -0.2) is 30.4 Å². The molecule has 0 spiro atoms. The van der Waals surface area contributed by atoms with E-state index in [2.05, 4.69) is 5.32 Å². The summed E-state index contributed by atoms with van der Waals surface area (Å²) in [4.78, 5) is 14.2. The molecule has 4 heteroatoms. The summed E-state index contributed by atoms with van der Waals surface area (Å²) in [7, 11) is 0. The molecule has 1 unspecified atom stereocenters. The van der Waals surface area contributed by atoms with Crippen molar-refractivity contribution in [3.8, 4) is 0 Å². The molecule has 2 aromatic rings. The third-order valence-electron chi connectivity index (χ3n) is 3.77. The van der Waals surface area contributed by atoms with Crippen molar-refractivity contribution in [1.29, 1.82) is 0 Å². The minimum Gasteiger partial charge on any atom is -0.335 e. The molecule has 1 atom stereocenters. The van der Waals surface area contributed by atoms with E-state index in [9.17, 15) is 9.18 Å². The number of nitrogens with zero attached hydrogens (tertiary/aromatic N) is 1. The Morgan fingerprint density at radius 3 is 2.57 bits per heavy atom. The van der Waals surface area contributed by atoms with Gasteiger partial charge in [-0.05, 0) is 17.7 Å². The maximum atomic E-state index is 13.8. The van der Waals surface area contributed by atoms with Crippen LogP contribution in [0.3, 0.4) is 0 Å². The van der Waals surface area contributed by atoms with Gasteiger partial charge in [-0.3, -0.25) is 4.79 Å². The second kappa shape index (κ2) is 6.06. The third-order valence-corrected chi connectivity index (χ3v) is 3.77. The van der Waals surface area contributed by atoms with Crippen LogP contribution in [-0.2, 0) is 0 Å². The molecule has 3 nitrogen and oxygen atoms in total. The molecule has 1 aliphatic heterocycles. The van der Waals surface area contributed by atoms with Gasteiger partial charge in [0.15, 0.2) is 0 Å². The lowest BCUT2D eigenvalue weighted by atomic mass is 10.0. The Morgan fingerprint density at radius 2 is 1.81 bits per heavy atom. The lowest BCUT2D eigenvalue weighted by Crippen LogP contribution is -2.48. The Labute approximate surface area is 123 Å². The largest absolute Gasteiger partial charge is 0.335 e. The van der Waals surface area contributed by atoms with Crippen LogP contribution in [0.5, 0.6) is 0 Å². The summed E-state index contributed by atoms with van der Waals surface area (Å²) in [5.41, 5.74) is 1.29. The standard InChI is InChI=1S/C17H17FN2O/c18-15-9-5-4-8-14(15)17(21)20-11-10-19-16(12-20)13-6-2-1-3-7-13/h1-9,16,19H,10-12H2. The molecular formula is C17H17FN2O. The van der Waals surface area contributed by atoms with Crippen LogP contribution < -0.4 is 5.32 Å². The van der Waals surface area contributed by atoms with E-state index in [-0.39, 0.29) is 17.5 Å². The molecule has 1 heterocycles. The maximum Gasteiger partial charge on any atom is 0.256 e. The van der Waals surface area contributed by atoms with Crippen molar-refractivity contribution in [2.75, 3.05) is 19.6 Å². The molecule has 0 radical (unpaired) electrons. The Hall–Kier alpha value is -2.20. The van der Waals surface area contributed by atoms with Crippen LogP contribution in [0.1, 0.15) is 22.0 Å². The zero-order chi connectivity index (χ0) is 14.7. The van der Waals surface area contributed by atoms with Crippen LogP contribution in [0.4, 0.5) is 4.39 Å². The van der Waals surface area contributed by atoms with Crippen molar-refractivity contribution in [1.82, 2.24) is 10.2 Å². The maximum absolute atomic E-state index is 13.8. The highest BCUT2D eigenvalue weighted by molar-refractivity contribution is 5.94. The highest BCUT2D eigenvalue weighted by atomic mass is 19.1. The van der Waals surface area contributed by atoms with E-state index in [0.29, 0.717) is 19.6 Å². The lowest BCUT2D eigenvalue weighted by Gasteiger charge is -2.34. The predicted molar refractivity (Wildman–Crippen MR) is 79.5 cm³/mol. The van der Waals surface area contributed by atoms with Gasteiger partial charge in [-0.2, -0.15) is 0 Å². The minimum absolute atomic E-state index is 0.0932. The van der Waals surface area contributed by atoms with E-state index in [1.54, 1.807) is 17.0 Å². The Morgan fingerprint density at radius 1 is 1.10 bits per heavy atom. The molecule has 1 saturated heterocycles. The van der Waals surface area contributed by atoms with Gasteiger partial charge in [-0.1, -0.05) is 42.5 Å². The summed E-state index contributed by atoms with van der Waals surface area (Å²) in [5, 5.41) is 3.40. The zero-order valence-electron chi connectivity index (χ0n) is 11.6. The molecule has 1 amide bonds. The van der Waals surface area contributed by atoms with Crippen molar-refractivity contribution >= 4 is 5.91 Å². The van der Waals surface area contributed by atoms with Gasteiger partial charge in [0.1, 0.15) is 5.82 Å². The monoisotopic (exact) mass is 284 g/mol. The van der Waals surface area contributed by atoms with Crippen LogP contribution in [0.25, 0.3) is 0 Å². The summed E-state index contributed by atoms with van der Waals surface area (Å²) in [6, 6.07) is 16.2. The predicted octanol–water partition coefficient (Wildman–Crippen LogP) is 2.61. The summed E-state index contributed by atoms with van der Waals surface area (Å²) in [5.74, 6) is -0.701. The summed E-state index contributed by atoms with van der Waals surface area (Å²) in [6.45, 7) is 1.85. The lowest BCUT2D eigenvalue weighted by molar-refractivity contribution is 0.0698. The number of halogens is 1. The first-order chi connectivity index (χ1) is 10.3. The highest BCUT2D eigenvalue weighted by Crippen LogP contribution is 2.19. The zero-order valence-corrected chi connectivity index (χ0v) is 11.6. The number of piperazine rings is 1. The van der Waals surface area contributed by atoms with Crippen LogP contribution in [0.15, 0.2) is 54.6 Å². The van der Waals surface area contributed by atoms with Gasteiger partial charge >= 0.3 is 0 Å². The van der Waals surface area contributed by atoms with E-state index >= 15 is 0 Å². The smallest absolute Gasteiger partial charge is 0.256 e. The second-order valence-corrected chi connectivity index (χ2v) is 5.15. The first kappa shape index (κ1) is 13.8. The van der Waals surface area contributed by atoms with Gasteiger partial charge < -0.3 is 10.2 Å². The van der Waals surface area contributed by atoms with E-state index in [1.807, 2.05) is 30.3 Å². The molecule has 1 aliphatic rings. The number of rotatable bonds is 2. The summed E-state index contributed by atoms with van der Waals surface area (Å²) >= 11 is 0. The number of amides is 1. The Balaban J connectivity index is 1.77. The average molecular weight is 284 g/mol. The average Bonchev–Trinajstić information content (AvgIpc) is 2.56. The van der Waals surface area contributed by atoms with Crippen LogP contribution >= 0.6 is 0 Å². The van der Waals surface area contributed by atoms with E-state index < -0.39 is 5.82 Å². The number of benzene rings is 2. The third kappa shape index (κ3) is 2.95. The number of carbonyl (C=O) groups excluding carboxylic acids is 1. The highest BCUT2D eigenvalue weighted by Gasteiger charge is 2.26. The molecule has 2 aromatic carbocycles. The van der Waals surface area contributed by atoms with Crippen molar-refractivity contribution in [2.45, 2.75) is 6.04 Å². The van der Waals surface area contributed by atoms with E-state index in [0.717, 1.165) is 5.56 Å². The fourth-order valence-corrected chi connectivity index (χ4v) is 2.65. The fourth-order valence-electron chi connectivity index (χ4n) is 2.65. The van der Waals surface area contributed by atoms with Gasteiger partial charge in [0.05, 0.1) is 5.56 Å². The molecular weight excluding hydrogens is 267 g/mol. The quantitative estimate of drug-likeness (QED) is 0.919. The van der Waals surface area contributed by atoms with E-state index in [1.165, 1.54) is 12.1 Å². The molecule has 0 aromatic heterocycles. The molecule has 0 saturated carbocycles. The minimum atomic E-state index is -0.461. The number of carbonyl (C=O) groups is 1. The Kier molecular flexibility index (Phi) is 3.97. The molecule has 0 aliphatic carbocycles. The number of nitrogens with one attached hydrogen (secondary N) is 1. The topological polar surface area (TPSA) is 32.3 Å². The second-order valence-electron chi connectivity index (χ2n) is 5.15. The summed E-state index contributed by atoms with van der Waals surface area (Å²) in [6.07, 6.45) is 0. The van der Waals surface area contributed by atoms with Gasteiger partial charge in [0, 0.05) is 25.7 Å². The van der Waals surface area contributed by atoms with Crippen molar-refractivity contribution in [3.05, 3.63) is 71.5 Å². The first-order valence-electron chi connectivity index (χ1n) is 7.08. The van der Waals surface area contributed by atoms with Crippen molar-refractivity contribution < 1.29 is 9.18 Å². The van der Waals surface area contributed by atoms with Gasteiger partial charge in [0.2, 0.25) is 0 Å². The van der Waals surface area contributed by atoms with E-state index in [4.69, 9.17) is 0 Å². The molecule has 0 bridgehead atoms. The molecule has 1 fully saturated rings. The normalized spacial score (nSPS) is 18.5. The molecule has 21 heavy (non-hydrogen) atoms. The molecule has 3 rings (SSSR count). The summed E-state index contributed by atoms with van der Waals surface area (Å²) < 4.78 is 13.8. The number of hydrogen-bond acceptors (Lipinski definition) is 2. The van der Waals surface area contributed by atoms with Crippen molar-refractivity contribution in [3.63, 3.8) is 0 Å². The molecule has 108 valence electrons. The van der Waals surface area contributed by atoms with Crippen LogP contribution in [0, 0.1) is 5.82 Å². The molecule has 1 N–H and O–H groups in total. The Bertz CT molecular complexity index is 630. The first-order valence-corrected chi connectivity index (χ1v) is 7.08. The van der Waals surface area contributed by atoms with Crippen LogP contribution in [0.2, 0.25) is 0 Å². The SMILES string of the molecule is O=C(c1ccccc1F)N1CCNC(c2ccccc2)C1. The van der Waals surface area contributed by atoms with Gasteiger partial charge in [-0.25, -0.2) is 4.39 Å². The van der Waals surface area contributed by atoms with Gasteiger partial charge in [-0.15, -0.1) is 0 Å². The fraction of sp³-hybridized carbons (Fsp3) is 0.235. The van der Waals surface area contributed by atoms with Gasteiger partial charge in [0.25, 0.3) is 5.91 Å². The number of hydrogen-bond donors (Lipinski definition) is 1.